The molecular formula is C19H22N2O2S. The van der Waals surface area contributed by atoms with Crippen LogP contribution in [0.4, 0.5) is 0 Å². The van der Waals surface area contributed by atoms with Crippen LogP contribution < -0.4 is 4.74 Å². The van der Waals surface area contributed by atoms with E-state index in [0.29, 0.717) is 0 Å². The van der Waals surface area contributed by atoms with Gasteiger partial charge in [-0.25, -0.2) is 4.98 Å². The molecule has 1 aromatic carbocycles. The van der Waals surface area contributed by atoms with Crippen molar-refractivity contribution < 1.29 is 9.53 Å². The van der Waals surface area contributed by atoms with Crippen molar-refractivity contribution in [3.05, 3.63) is 35.2 Å². The van der Waals surface area contributed by atoms with Crippen LogP contribution >= 0.6 is 11.3 Å². The van der Waals surface area contributed by atoms with Gasteiger partial charge in [-0.05, 0) is 37.6 Å². The average molecular weight is 342 g/mol. The number of nitrogens with zero attached hydrogens (tertiary/aromatic N) is 2. The third-order valence-electron chi connectivity index (χ3n) is 4.17. The Labute approximate surface area is 146 Å². The van der Waals surface area contributed by atoms with E-state index in [4.69, 9.17) is 9.72 Å². The van der Waals surface area contributed by atoms with Gasteiger partial charge >= 0.3 is 0 Å². The number of pyridine rings is 1. The van der Waals surface area contributed by atoms with Crippen LogP contribution in [-0.4, -0.2) is 36.0 Å². The third kappa shape index (κ3) is 3.22. The molecule has 0 aliphatic rings. The first-order chi connectivity index (χ1) is 11.7. The van der Waals surface area contributed by atoms with Crippen LogP contribution in [0.1, 0.15) is 36.4 Å². The standard InChI is InChI=1S/C19H22N2O2S/c1-4-6-9-21(5-2)19(22)17-11-14-10-13-7-8-15(23-3)12-16(13)20-18(14)24-17/h7-8,10-12H,4-6,9H2,1-3H3. The minimum absolute atomic E-state index is 0.107. The van der Waals surface area contributed by atoms with Crippen molar-refractivity contribution in [2.24, 2.45) is 0 Å². The van der Waals surface area contributed by atoms with Gasteiger partial charge in [0.25, 0.3) is 5.91 Å². The van der Waals surface area contributed by atoms with E-state index in [-0.39, 0.29) is 5.91 Å². The quantitative estimate of drug-likeness (QED) is 0.651. The van der Waals surface area contributed by atoms with E-state index >= 15 is 0 Å². The maximum atomic E-state index is 12.7. The van der Waals surface area contributed by atoms with Crippen LogP contribution in [-0.2, 0) is 0 Å². The van der Waals surface area contributed by atoms with Gasteiger partial charge < -0.3 is 9.64 Å². The highest BCUT2D eigenvalue weighted by molar-refractivity contribution is 7.20. The highest BCUT2D eigenvalue weighted by Gasteiger charge is 2.17. The summed E-state index contributed by atoms with van der Waals surface area (Å²) >= 11 is 1.47. The third-order valence-corrected chi connectivity index (χ3v) is 5.20. The normalized spacial score (nSPS) is 11.1. The summed E-state index contributed by atoms with van der Waals surface area (Å²) in [5.74, 6) is 0.898. The Bertz CT molecular complexity index is 872. The second-order valence-electron chi connectivity index (χ2n) is 5.79. The molecule has 0 radical (unpaired) electrons. The molecule has 2 heterocycles. The van der Waals surface area contributed by atoms with Crippen molar-refractivity contribution in [1.29, 1.82) is 0 Å². The number of carbonyl (C=O) groups is 1. The Kier molecular flexibility index (Phi) is 5.00. The molecular weight excluding hydrogens is 320 g/mol. The van der Waals surface area contributed by atoms with Gasteiger partial charge in [0.2, 0.25) is 0 Å². The van der Waals surface area contributed by atoms with Crippen LogP contribution in [0.3, 0.4) is 0 Å². The maximum absolute atomic E-state index is 12.7. The van der Waals surface area contributed by atoms with Crippen molar-refractivity contribution in [3.63, 3.8) is 0 Å². The Morgan fingerprint density at radius 2 is 2.04 bits per heavy atom. The fraction of sp³-hybridized carbons (Fsp3) is 0.368. The molecule has 126 valence electrons. The zero-order chi connectivity index (χ0) is 17.1. The summed E-state index contributed by atoms with van der Waals surface area (Å²) in [6.45, 7) is 5.72. The van der Waals surface area contributed by atoms with E-state index in [1.807, 2.05) is 36.1 Å². The van der Waals surface area contributed by atoms with Gasteiger partial charge in [0, 0.05) is 29.9 Å². The minimum Gasteiger partial charge on any atom is -0.497 e. The number of rotatable bonds is 6. The second-order valence-corrected chi connectivity index (χ2v) is 6.82. The number of methoxy groups -OCH3 is 1. The van der Waals surface area contributed by atoms with Gasteiger partial charge in [0.1, 0.15) is 10.6 Å². The number of unbranched alkanes of at least 4 members (excludes halogenated alkanes) is 1. The van der Waals surface area contributed by atoms with Crippen molar-refractivity contribution in [2.75, 3.05) is 20.2 Å². The van der Waals surface area contributed by atoms with Crippen LogP contribution in [0.25, 0.3) is 21.1 Å². The predicted molar refractivity (Wildman–Crippen MR) is 100 cm³/mol. The monoisotopic (exact) mass is 342 g/mol. The van der Waals surface area contributed by atoms with Gasteiger partial charge in [-0.15, -0.1) is 11.3 Å². The molecule has 5 heteroatoms. The first-order valence-corrected chi connectivity index (χ1v) is 9.15. The summed E-state index contributed by atoms with van der Waals surface area (Å²) in [6.07, 6.45) is 2.12. The van der Waals surface area contributed by atoms with Gasteiger partial charge in [-0.2, -0.15) is 0 Å². The van der Waals surface area contributed by atoms with E-state index in [9.17, 15) is 4.79 Å². The number of benzene rings is 1. The first kappa shape index (κ1) is 16.7. The number of thiophene rings is 1. The molecule has 0 bridgehead atoms. The van der Waals surface area contributed by atoms with Crippen molar-refractivity contribution in [3.8, 4) is 5.75 Å². The molecule has 0 saturated heterocycles. The number of ether oxygens (including phenoxy) is 1. The Morgan fingerprint density at radius 1 is 1.21 bits per heavy atom. The SMILES string of the molecule is CCCCN(CC)C(=O)c1cc2cc3ccc(OC)cc3nc2s1. The molecule has 0 aliphatic carbocycles. The van der Waals surface area contributed by atoms with E-state index in [0.717, 1.165) is 57.7 Å². The summed E-state index contributed by atoms with van der Waals surface area (Å²) in [4.78, 5) is 21.0. The van der Waals surface area contributed by atoms with Crippen LogP contribution in [0, 0.1) is 0 Å². The molecule has 0 spiro atoms. The van der Waals surface area contributed by atoms with Gasteiger partial charge in [-0.3, -0.25) is 4.79 Å². The Hall–Kier alpha value is -2.14. The summed E-state index contributed by atoms with van der Waals surface area (Å²) in [6, 6.07) is 9.91. The molecule has 4 nitrogen and oxygen atoms in total. The molecule has 0 saturated carbocycles. The van der Waals surface area contributed by atoms with Gasteiger partial charge in [0.05, 0.1) is 17.5 Å². The summed E-state index contributed by atoms with van der Waals surface area (Å²) in [7, 11) is 1.65. The van der Waals surface area contributed by atoms with Crippen molar-refractivity contribution in [2.45, 2.75) is 26.7 Å². The number of hydrogen-bond acceptors (Lipinski definition) is 4. The van der Waals surface area contributed by atoms with E-state index < -0.39 is 0 Å². The topological polar surface area (TPSA) is 42.4 Å². The summed E-state index contributed by atoms with van der Waals surface area (Å²) in [5.41, 5.74) is 0.890. The molecule has 0 unspecified atom stereocenters. The van der Waals surface area contributed by atoms with E-state index in [1.165, 1.54) is 11.3 Å². The highest BCUT2D eigenvalue weighted by Crippen LogP contribution is 2.29. The maximum Gasteiger partial charge on any atom is 0.264 e. The number of hydrogen-bond donors (Lipinski definition) is 0. The second kappa shape index (κ2) is 7.18. The molecule has 3 aromatic rings. The lowest BCUT2D eigenvalue weighted by Crippen LogP contribution is -2.31. The smallest absolute Gasteiger partial charge is 0.264 e. The molecule has 24 heavy (non-hydrogen) atoms. The molecule has 0 atom stereocenters. The molecule has 1 amide bonds. The average Bonchev–Trinajstić information content (AvgIpc) is 3.02. The van der Waals surface area contributed by atoms with Crippen LogP contribution in [0.2, 0.25) is 0 Å². The van der Waals surface area contributed by atoms with Crippen molar-refractivity contribution in [1.82, 2.24) is 9.88 Å². The van der Waals surface area contributed by atoms with Crippen LogP contribution in [0.5, 0.6) is 5.75 Å². The van der Waals surface area contributed by atoms with Gasteiger partial charge in [-0.1, -0.05) is 13.3 Å². The fourth-order valence-corrected chi connectivity index (χ4v) is 3.74. The van der Waals surface area contributed by atoms with E-state index in [1.54, 1.807) is 7.11 Å². The van der Waals surface area contributed by atoms with Crippen LogP contribution in [0.15, 0.2) is 30.3 Å². The zero-order valence-electron chi connectivity index (χ0n) is 14.3. The molecule has 3 rings (SSSR count). The minimum atomic E-state index is 0.107. The Morgan fingerprint density at radius 3 is 2.75 bits per heavy atom. The fourth-order valence-electron chi connectivity index (χ4n) is 2.75. The van der Waals surface area contributed by atoms with Gasteiger partial charge in [0.15, 0.2) is 0 Å². The van der Waals surface area contributed by atoms with E-state index in [2.05, 4.69) is 13.0 Å². The predicted octanol–water partition coefficient (Wildman–Crippen LogP) is 4.72. The number of carbonyl (C=O) groups excluding carboxylic acids is 1. The lowest BCUT2D eigenvalue weighted by molar-refractivity contribution is 0.0767. The van der Waals surface area contributed by atoms with Crippen molar-refractivity contribution >= 4 is 38.4 Å². The zero-order valence-corrected chi connectivity index (χ0v) is 15.2. The summed E-state index contributed by atoms with van der Waals surface area (Å²) in [5, 5.41) is 2.07. The number of amides is 1. The molecule has 2 aromatic heterocycles. The Balaban J connectivity index is 1.98. The first-order valence-electron chi connectivity index (χ1n) is 8.33. The highest BCUT2D eigenvalue weighted by atomic mass is 32.1. The largest absolute Gasteiger partial charge is 0.497 e. The summed E-state index contributed by atoms with van der Waals surface area (Å²) < 4.78 is 5.26. The lowest BCUT2D eigenvalue weighted by Gasteiger charge is -2.19. The molecule has 0 aliphatic heterocycles. The number of aromatic nitrogens is 1. The number of fused-ring (bicyclic) bond motifs is 2. The molecule has 0 N–H and O–H groups in total. The lowest BCUT2D eigenvalue weighted by atomic mass is 10.2. The molecule has 0 fully saturated rings.